The first-order chi connectivity index (χ1) is 10.1. The lowest BCUT2D eigenvalue weighted by Gasteiger charge is -2.36. The summed E-state index contributed by atoms with van der Waals surface area (Å²) in [5.74, 6) is 0. The first-order valence-electron chi connectivity index (χ1n) is 8.35. The standard InChI is InChI=1S/C17H31N3S/c1-5-6-18-12-17-11-16(15(4)21-17)13-19-7-9-20(10-8-19)14(2)3/h11,14,18H,5-10,12-13H2,1-4H3. The van der Waals surface area contributed by atoms with Gasteiger partial charge in [0.05, 0.1) is 0 Å². The molecule has 0 bridgehead atoms. The molecule has 0 aromatic carbocycles. The monoisotopic (exact) mass is 309 g/mol. The summed E-state index contributed by atoms with van der Waals surface area (Å²) < 4.78 is 0. The second kappa shape index (κ2) is 8.28. The molecule has 1 fully saturated rings. The number of thiophene rings is 1. The third-order valence-electron chi connectivity index (χ3n) is 4.33. The van der Waals surface area contributed by atoms with Gasteiger partial charge in [0.2, 0.25) is 0 Å². The fraction of sp³-hybridized carbons (Fsp3) is 0.765. The molecule has 1 saturated heterocycles. The van der Waals surface area contributed by atoms with Gasteiger partial charge in [-0.2, -0.15) is 0 Å². The van der Waals surface area contributed by atoms with E-state index in [1.165, 1.54) is 47.9 Å². The molecule has 0 saturated carbocycles. The summed E-state index contributed by atoms with van der Waals surface area (Å²) in [7, 11) is 0. The lowest BCUT2D eigenvalue weighted by Crippen LogP contribution is -2.48. The van der Waals surface area contributed by atoms with Crippen molar-refractivity contribution in [3.8, 4) is 0 Å². The van der Waals surface area contributed by atoms with Gasteiger partial charge in [0.15, 0.2) is 0 Å². The van der Waals surface area contributed by atoms with Crippen LogP contribution in [-0.2, 0) is 13.1 Å². The van der Waals surface area contributed by atoms with E-state index >= 15 is 0 Å². The maximum Gasteiger partial charge on any atom is 0.0299 e. The lowest BCUT2D eigenvalue weighted by molar-refractivity contribution is 0.104. The van der Waals surface area contributed by atoms with Crippen molar-refractivity contribution >= 4 is 11.3 Å². The molecular formula is C17H31N3S. The van der Waals surface area contributed by atoms with E-state index in [2.05, 4.69) is 48.9 Å². The number of aryl methyl sites for hydroxylation is 1. The summed E-state index contributed by atoms with van der Waals surface area (Å²) in [6.07, 6.45) is 1.21. The van der Waals surface area contributed by atoms with Gasteiger partial charge in [0.25, 0.3) is 0 Å². The molecule has 0 amide bonds. The van der Waals surface area contributed by atoms with Gasteiger partial charge in [0.1, 0.15) is 0 Å². The molecule has 1 aliphatic heterocycles. The SMILES string of the molecule is CCCNCc1cc(CN2CCN(C(C)C)CC2)c(C)s1. The van der Waals surface area contributed by atoms with Gasteiger partial charge in [-0.05, 0) is 45.4 Å². The molecule has 1 aromatic rings. The molecular weight excluding hydrogens is 278 g/mol. The van der Waals surface area contributed by atoms with E-state index in [1.807, 2.05) is 11.3 Å². The second-order valence-electron chi connectivity index (χ2n) is 6.38. The fourth-order valence-corrected chi connectivity index (χ4v) is 3.92. The van der Waals surface area contributed by atoms with Crippen LogP contribution in [0.2, 0.25) is 0 Å². The maximum absolute atomic E-state index is 3.50. The normalized spacial score (nSPS) is 17.8. The Balaban J connectivity index is 1.83. The quantitative estimate of drug-likeness (QED) is 0.781. The second-order valence-corrected chi connectivity index (χ2v) is 7.72. The summed E-state index contributed by atoms with van der Waals surface area (Å²) >= 11 is 1.96. The van der Waals surface area contributed by atoms with Crippen LogP contribution in [-0.4, -0.2) is 48.6 Å². The van der Waals surface area contributed by atoms with Crippen LogP contribution in [0.4, 0.5) is 0 Å². The minimum absolute atomic E-state index is 0.686. The van der Waals surface area contributed by atoms with Gasteiger partial charge in [-0.3, -0.25) is 9.80 Å². The van der Waals surface area contributed by atoms with Crippen molar-refractivity contribution in [1.82, 2.24) is 15.1 Å². The van der Waals surface area contributed by atoms with Crippen molar-refractivity contribution < 1.29 is 0 Å². The zero-order valence-corrected chi connectivity index (χ0v) is 14.9. The van der Waals surface area contributed by atoms with Crippen molar-refractivity contribution in [1.29, 1.82) is 0 Å². The van der Waals surface area contributed by atoms with Crippen LogP contribution in [0.15, 0.2) is 6.07 Å². The molecule has 1 aliphatic rings. The van der Waals surface area contributed by atoms with E-state index in [0.29, 0.717) is 6.04 Å². The number of piperazine rings is 1. The minimum atomic E-state index is 0.686. The Morgan fingerprint density at radius 2 is 1.95 bits per heavy atom. The molecule has 0 aliphatic carbocycles. The number of rotatable bonds is 7. The van der Waals surface area contributed by atoms with Crippen LogP contribution in [0.3, 0.4) is 0 Å². The number of nitrogens with one attached hydrogen (secondary N) is 1. The number of nitrogens with zero attached hydrogens (tertiary/aromatic N) is 2. The van der Waals surface area contributed by atoms with Crippen LogP contribution in [0.1, 0.15) is 42.5 Å². The third kappa shape index (κ3) is 5.06. The summed E-state index contributed by atoms with van der Waals surface area (Å²) in [5.41, 5.74) is 1.53. The zero-order chi connectivity index (χ0) is 15.2. The highest BCUT2D eigenvalue weighted by Gasteiger charge is 2.19. The molecule has 0 radical (unpaired) electrons. The number of hydrogen-bond donors (Lipinski definition) is 1. The molecule has 21 heavy (non-hydrogen) atoms. The van der Waals surface area contributed by atoms with Crippen LogP contribution in [0.25, 0.3) is 0 Å². The first kappa shape index (κ1) is 16.9. The predicted molar refractivity (Wildman–Crippen MR) is 93.0 cm³/mol. The highest BCUT2D eigenvalue weighted by molar-refractivity contribution is 7.12. The number of hydrogen-bond acceptors (Lipinski definition) is 4. The Morgan fingerprint density at radius 3 is 2.57 bits per heavy atom. The van der Waals surface area contributed by atoms with Gasteiger partial charge < -0.3 is 5.32 Å². The molecule has 0 atom stereocenters. The largest absolute Gasteiger partial charge is 0.312 e. The topological polar surface area (TPSA) is 18.5 Å². The smallest absolute Gasteiger partial charge is 0.0299 e. The Kier molecular flexibility index (Phi) is 6.68. The Hall–Kier alpha value is -0.420. The minimum Gasteiger partial charge on any atom is -0.312 e. The van der Waals surface area contributed by atoms with Gasteiger partial charge in [-0.1, -0.05) is 6.92 Å². The van der Waals surface area contributed by atoms with Gasteiger partial charge in [0, 0.05) is 55.1 Å². The van der Waals surface area contributed by atoms with Gasteiger partial charge in [-0.15, -0.1) is 11.3 Å². The summed E-state index contributed by atoms with van der Waals surface area (Å²) in [6, 6.07) is 3.10. The van der Waals surface area contributed by atoms with Gasteiger partial charge >= 0.3 is 0 Å². The highest BCUT2D eigenvalue weighted by Crippen LogP contribution is 2.23. The van der Waals surface area contributed by atoms with Gasteiger partial charge in [-0.25, -0.2) is 0 Å². The Morgan fingerprint density at radius 1 is 1.24 bits per heavy atom. The van der Waals surface area contributed by atoms with Crippen molar-refractivity contribution in [3.05, 3.63) is 21.4 Å². The highest BCUT2D eigenvalue weighted by atomic mass is 32.1. The first-order valence-corrected chi connectivity index (χ1v) is 9.17. The maximum atomic E-state index is 3.50. The van der Waals surface area contributed by atoms with E-state index in [-0.39, 0.29) is 0 Å². The molecule has 0 unspecified atom stereocenters. The van der Waals surface area contributed by atoms with E-state index in [9.17, 15) is 0 Å². The van der Waals surface area contributed by atoms with Crippen molar-refractivity contribution in [2.45, 2.75) is 53.2 Å². The molecule has 1 N–H and O–H groups in total. The van der Waals surface area contributed by atoms with Crippen molar-refractivity contribution in [3.63, 3.8) is 0 Å². The zero-order valence-electron chi connectivity index (χ0n) is 14.1. The summed E-state index contributed by atoms with van der Waals surface area (Å²) in [4.78, 5) is 8.17. The van der Waals surface area contributed by atoms with E-state index < -0.39 is 0 Å². The molecule has 3 nitrogen and oxygen atoms in total. The fourth-order valence-electron chi connectivity index (χ4n) is 2.90. The average Bonchev–Trinajstić information content (AvgIpc) is 2.80. The molecule has 1 aromatic heterocycles. The van der Waals surface area contributed by atoms with Crippen molar-refractivity contribution in [2.75, 3.05) is 32.7 Å². The predicted octanol–water partition coefficient (Wildman–Crippen LogP) is 3.08. The average molecular weight is 310 g/mol. The van der Waals surface area contributed by atoms with Crippen LogP contribution in [0.5, 0.6) is 0 Å². The Bertz CT molecular complexity index is 420. The molecule has 4 heteroatoms. The lowest BCUT2D eigenvalue weighted by atomic mass is 10.2. The molecule has 120 valence electrons. The summed E-state index contributed by atoms with van der Waals surface area (Å²) in [6.45, 7) is 17.2. The van der Waals surface area contributed by atoms with E-state index in [1.54, 1.807) is 0 Å². The van der Waals surface area contributed by atoms with Crippen LogP contribution >= 0.6 is 11.3 Å². The van der Waals surface area contributed by atoms with Crippen LogP contribution in [0, 0.1) is 6.92 Å². The summed E-state index contributed by atoms with van der Waals surface area (Å²) in [5, 5.41) is 3.50. The third-order valence-corrected chi connectivity index (χ3v) is 5.42. The van der Waals surface area contributed by atoms with E-state index in [4.69, 9.17) is 0 Å². The van der Waals surface area contributed by atoms with Crippen LogP contribution < -0.4 is 5.32 Å². The molecule has 2 heterocycles. The van der Waals surface area contributed by atoms with E-state index in [0.717, 1.165) is 19.6 Å². The molecule has 0 spiro atoms. The molecule has 2 rings (SSSR count). The Labute approximate surface area is 134 Å². The van der Waals surface area contributed by atoms with Crippen molar-refractivity contribution in [2.24, 2.45) is 0 Å².